The lowest BCUT2D eigenvalue weighted by Crippen LogP contribution is -2.25. The lowest BCUT2D eigenvalue weighted by atomic mass is 10.3. The molecule has 0 spiro atoms. The molecule has 1 rings (SSSR count). The number of anilines is 1. The van der Waals surface area contributed by atoms with Crippen LogP contribution in [0.2, 0.25) is 0 Å². The van der Waals surface area contributed by atoms with Gasteiger partial charge in [0.05, 0.1) is 0 Å². The van der Waals surface area contributed by atoms with E-state index in [4.69, 9.17) is 0 Å². The third-order valence-corrected chi connectivity index (χ3v) is 2.07. The Morgan fingerprint density at radius 3 is 2.69 bits per heavy atom. The number of hydrogen-bond acceptors (Lipinski definition) is 3. The number of amides is 1. The summed E-state index contributed by atoms with van der Waals surface area (Å²) >= 11 is 0. The first-order chi connectivity index (χ1) is 7.77. The van der Waals surface area contributed by atoms with E-state index in [9.17, 15) is 4.79 Å². The zero-order chi connectivity index (χ0) is 11.8. The van der Waals surface area contributed by atoms with Gasteiger partial charge >= 0.3 is 0 Å². The topological polar surface area (TPSA) is 54.0 Å². The van der Waals surface area contributed by atoms with Gasteiger partial charge in [-0.15, -0.1) is 0 Å². The normalized spacial score (nSPS) is 9.88. The summed E-state index contributed by atoms with van der Waals surface area (Å²) in [6, 6.07) is 5.43. The number of pyridine rings is 1. The summed E-state index contributed by atoms with van der Waals surface area (Å²) < 4.78 is 0. The van der Waals surface area contributed by atoms with Gasteiger partial charge in [-0.2, -0.15) is 0 Å². The molecule has 0 aliphatic heterocycles. The Bertz CT molecular complexity index is 339. The summed E-state index contributed by atoms with van der Waals surface area (Å²) in [6.07, 6.45) is 1.97. The van der Waals surface area contributed by atoms with E-state index in [0.717, 1.165) is 25.2 Å². The van der Waals surface area contributed by atoms with Crippen molar-refractivity contribution < 1.29 is 4.79 Å². The van der Waals surface area contributed by atoms with Crippen LogP contribution in [-0.4, -0.2) is 24.0 Å². The molecular formula is C12H19N3O. The fourth-order valence-corrected chi connectivity index (χ4v) is 1.24. The maximum Gasteiger partial charge on any atom is 0.269 e. The highest BCUT2D eigenvalue weighted by Crippen LogP contribution is 2.04. The van der Waals surface area contributed by atoms with Crippen molar-refractivity contribution in [1.29, 1.82) is 0 Å². The van der Waals surface area contributed by atoms with Gasteiger partial charge < -0.3 is 10.6 Å². The van der Waals surface area contributed by atoms with Crippen molar-refractivity contribution >= 4 is 11.7 Å². The highest BCUT2D eigenvalue weighted by atomic mass is 16.1. The van der Waals surface area contributed by atoms with Crippen molar-refractivity contribution in [3.05, 3.63) is 23.9 Å². The molecule has 4 heteroatoms. The Hall–Kier alpha value is -1.58. The smallest absolute Gasteiger partial charge is 0.269 e. The summed E-state index contributed by atoms with van der Waals surface area (Å²) in [5.74, 6) is 0.646. The third-order valence-electron chi connectivity index (χ3n) is 2.07. The van der Waals surface area contributed by atoms with E-state index in [1.165, 1.54) is 0 Å². The van der Waals surface area contributed by atoms with Gasteiger partial charge in [0.15, 0.2) is 0 Å². The molecule has 1 aromatic heterocycles. The molecule has 1 amide bonds. The number of aromatic nitrogens is 1. The van der Waals surface area contributed by atoms with Crippen LogP contribution < -0.4 is 10.6 Å². The molecule has 16 heavy (non-hydrogen) atoms. The summed E-state index contributed by atoms with van der Waals surface area (Å²) in [4.78, 5) is 15.9. The molecule has 0 radical (unpaired) electrons. The van der Waals surface area contributed by atoms with Crippen molar-refractivity contribution in [3.63, 3.8) is 0 Å². The molecule has 1 aromatic rings. The van der Waals surface area contributed by atoms with Crippen LogP contribution in [0.5, 0.6) is 0 Å². The zero-order valence-electron chi connectivity index (χ0n) is 9.92. The fourth-order valence-electron chi connectivity index (χ4n) is 1.24. The van der Waals surface area contributed by atoms with E-state index >= 15 is 0 Å². The molecule has 1 heterocycles. The van der Waals surface area contributed by atoms with E-state index in [1.54, 1.807) is 6.07 Å². The lowest BCUT2D eigenvalue weighted by molar-refractivity contribution is 0.0949. The second-order valence-electron chi connectivity index (χ2n) is 3.59. The van der Waals surface area contributed by atoms with Gasteiger partial charge in [-0.25, -0.2) is 4.98 Å². The Balaban J connectivity index is 2.62. The monoisotopic (exact) mass is 221 g/mol. The van der Waals surface area contributed by atoms with Crippen LogP contribution in [0.1, 0.15) is 37.2 Å². The minimum Gasteiger partial charge on any atom is -0.370 e. The number of nitrogens with zero attached hydrogens (tertiary/aromatic N) is 1. The zero-order valence-corrected chi connectivity index (χ0v) is 9.92. The van der Waals surface area contributed by atoms with E-state index in [-0.39, 0.29) is 5.91 Å². The van der Waals surface area contributed by atoms with Crippen molar-refractivity contribution in [2.24, 2.45) is 0 Å². The second kappa shape index (κ2) is 6.82. The van der Waals surface area contributed by atoms with E-state index in [1.807, 2.05) is 19.1 Å². The first-order valence-electron chi connectivity index (χ1n) is 5.77. The summed E-state index contributed by atoms with van der Waals surface area (Å²) in [7, 11) is 0. The van der Waals surface area contributed by atoms with Crippen LogP contribution in [0.15, 0.2) is 18.2 Å². The van der Waals surface area contributed by atoms with Crippen molar-refractivity contribution in [1.82, 2.24) is 10.3 Å². The standard InChI is InChI=1S/C12H19N3O/c1-3-8-13-11-7-5-6-10(15-11)12(16)14-9-4-2/h5-7H,3-4,8-9H2,1-2H3,(H,13,15)(H,14,16). The Kier molecular flexibility index (Phi) is 5.32. The largest absolute Gasteiger partial charge is 0.370 e. The van der Waals surface area contributed by atoms with Gasteiger partial charge in [-0.3, -0.25) is 4.79 Å². The molecule has 2 N–H and O–H groups in total. The molecule has 0 atom stereocenters. The average Bonchev–Trinajstić information content (AvgIpc) is 2.33. The van der Waals surface area contributed by atoms with E-state index in [2.05, 4.69) is 22.5 Å². The Morgan fingerprint density at radius 2 is 2.00 bits per heavy atom. The maximum absolute atomic E-state index is 11.6. The van der Waals surface area contributed by atoms with Crippen LogP contribution in [0.25, 0.3) is 0 Å². The molecule has 4 nitrogen and oxygen atoms in total. The highest BCUT2D eigenvalue weighted by Gasteiger charge is 2.06. The third kappa shape index (κ3) is 3.88. The molecule has 0 saturated carbocycles. The molecular weight excluding hydrogens is 202 g/mol. The van der Waals surface area contributed by atoms with Crippen molar-refractivity contribution in [2.75, 3.05) is 18.4 Å². The van der Waals surface area contributed by atoms with Gasteiger partial charge in [0.25, 0.3) is 5.91 Å². The first-order valence-corrected chi connectivity index (χ1v) is 5.77. The predicted molar refractivity (Wildman–Crippen MR) is 65.6 cm³/mol. The molecule has 0 fully saturated rings. The Morgan fingerprint density at radius 1 is 1.25 bits per heavy atom. The molecule has 0 aliphatic rings. The van der Waals surface area contributed by atoms with Gasteiger partial charge in [0, 0.05) is 13.1 Å². The summed E-state index contributed by atoms with van der Waals surface area (Å²) in [5, 5.41) is 5.96. The summed E-state index contributed by atoms with van der Waals surface area (Å²) in [6.45, 7) is 5.66. The number of carbonyl (C=O) groups is 1. The molecule has 88 valence electrons. The van der Waals surface area contributed by atoms with Gasteiger partial charge in [0.1, 0.15) is 11.5 Å². The second-order valence-corrected chi connectivity index (χ2v) is 3.59. The van der Waals surface area contributed by atoms with Crippen LogP contribution >= 0.6 is 0 Å². The first kappa shape index (κ1) is 12.5. The quantitative estimate of drug-likeness (QED) is 0.773. The summed E-state index contributed by atoms with van der Waals surface area (Å²) in [5.41, 5.74) is 0.467. The van der Waals surface area contributed by atoms with Gasteiger partial charge in [-0.05, 0) is 25.0 Å². The average molecular weight is 221 g/mol. The van der Waals surface area contributed by atoms with Crippen molar-refractivity contribution in [3.8, 4) is 0 Å². The van der Waals surface area contributed by atoms with Gasteiger partial charge in [0.2, 0.25) is 0 Å². The molecule has 0 unspecified atom stereocenters. The fraction of sp³-hybridized carbons (Fsp3) is 0.500. The predicted octanol–water partition coefficient (Wildman–Crippen LogP) is 2.04. The highest BCUT2D eigenvalue weighted by molar-refractivity contribution is 5.92. The van der Waals surface area contributed by atoms with Crippen LogP contribution in [0.4, 0.5) is 5.82 Å². The Labute approximate surface area is 96.5 Å². The molecule has 0 saturated heterocycles. The number of hydrogen-bond donors (Lipinski definition) is 2. The lowest BCUT2D eigenvalue weighted by Gasteiger charge is -2.06. The SMILES string of the molecule is CCCNC(=O)c1cccc(NCCC)n1. The number of carbonyl (C=O) groups excluding carboxylic acids is 1. The van der Waals surface area contributed by atoms with Crippen LogP contribution in [-0.2, 0) is 0 Å². The van der Waals surface area contributed by atoms with Crippen LogP contribution in [0.3, 0.4) is 0 Å². The number of nitrogens with one attached hydrogen (secondary N) is 2. The maximum atomic E-state index is 11.6. The molecule has 0 bridgehead atoms. The van der Waals surface area contributed by atoms with Gasteiger partial charge in [-0.1, -0.05) is 19.9 Å². The minimum atomic E-state index is -0.109. The van der Waals surface area contributed by atoms with Crippen LogP contribution in [0, 0.1) is 0 Å². The van der Waals surface area contributed by atoms with Crippen molar-refractivity contribution in [2.45, 2.75) is 26.7 Å². The number of rotatable bonds is 6. The minimum absolute atomic E-state index is 0.109. The van der Waals surface area contributed by atoms with E-state index in [0.29, 0.717) is 12.2 Å². The molecule has 0 aliphatic carbocycles. The van der Waals surface area contributed by atoms with E-state index < -0.39 is 0 Å². The molecule has 0 aromatic carbocycles.